The molecule has 0 aromatic carbocycles. The van der Waals surface area contributed by atoms with Crippen molar-refractivity contribution in [1.29, 1.82) is 0 Å². The molecule has 32 valence electrons. The Hall–Kier alpha value is 0.519. The molecule has 0 rings (SSSR count). The van der Waals surface area contributed by atoms with E-state index in [0.717, 1.165) is 4.82 Å². The molecule has 0 fully saturated rings. The molecule has 0 spiro atoms. The van der Waals surface area contributed by atoms with E-state index < -0.39 is 0 Å². The van der Waals surface area contributed by atoms with Crippen LogP contribution >= 0.6 is 0 Å². The van der Waals surface area contributed by atoms with E-state index in [1.54, 1.807) is 0 Å². The van der Waals surface area contributed by atoms with Gasteiger partial charge < -0.3 is 0 Å². The first-order valence-electron chi connectivity index (χ1n) is 1.95. The van der Waals surface area contributed by atoms with Crippen molar-refractivity contribution in [2.75, 3.05) is 0 Å². The Kier molecular flexibility index (Phi) is 3.03. The van der Waals surface area contributed by atoms with Crippen LogP contribution in [0.25, 0.3) is 0 Å². The van der Waals surface area contributed by atoms with Crippen molar-refractivity contribution >= 4 is 16.0 Å². The van der Waals surface area contributed by atoms with Gasteiger partial charge in [-0.25, -0.2) is 0 Å². The second-order valence-electron chi connectivity index (χ2n) is 1.26. The molecule has 5 heavy (non-hydrogen) atoms. The Morgan fingerprint density at radius 1 is 1.80 bits per heavy atom. The molecule has 0 radical (unpaired) electrons. The van der Waals surface area contributed by atoms with E-state index in [9.17, 15) is 0 Å². The molecular weight excluding hydrogens is 127 g/mol. The summed E-state index contributed by atoms with van der Waals surface area (Å²) in [5.41, 5.74) is 0. The number of rotatable bonds is 1. The zero-order valence-electron chi connectivity index (χ0n) is 3.73. The molecule has 0 saturated carbocycles. The van der Waals surface area contributed by atoms with Gasteiger partial charge >= 0.3 is 41.1 Å². The van der Waals surface area contributed by atoms with Crippen LogP contribution < -0.4 is 0 Å². The summed E-state index contributed by atoms with van der Waals surface area (Å²) < 4.78 is 0. The first kappa shape index (κ1) is 5.52. The van der Waals surface area contributed by atoms with Gasteiger partial charge in [0.2, 0.25) is 0 Å². The quantitative estimate of drug-likeness (QED) is 0.475. The second kappa shape index (κ2) is 2.74. The fourth-order valence-corrected chi connectivity index (χ4v) is 0. The SMILES string of the molecule is CCC(C)[SeH]. The summed E-state index contributed by atoms with van der Waals surface area (Å²) in [7, 11) is 0. The predicted molar refractivity (Wildman–Crippen MR) is 26.9 cm³/mol. The third-order valence-corrected chi connectivity index (χ3v) is 1.36. The van der Waals surface area contributed by atoms with E-state index in [-0.39, 0.29) is 0 Å². The van der Waals surface area contributed by atoms with E-state index in [1.807, 2.05) is 0 Å². The Bertz CT molecular complexity index is 17.6. The third-order valence-electron chi connectivity index (χ3n) is 0.591. The van der Waals surface area contributed by atoms with Gasteiger partial charge in [-0.3, -0.25) is 0 Å². The number of hydrogen-bond donors (Lipinski definition) is 0. The Morgan fingerprint density at radius 3 is 2.00 bits per heavy atom. The summed E-state index contributed by atoms with van der Waals surface area (Å²) in [6, 6.07) is 0. The van der Waals surface area contributed by atoms with Crippen molar-refractivity contribution in [1.82, 2.24) is 0 Å². The van der Waals surface area contributed by atoms with Gasteiger partial charge in [0, 0.05) is 0 Å². The van der Waals surface area contributed by atoms with Gasteiger partial charge in [-0.15, -0.1) is 0 Å². The molecule has 1 atom stereocenters. The van der Waals surface area contributed by atoms with Crippen LogP contribution in [0.2, 0.25) is 4.82 Å². The predicted octanol–water partition coefficient (Wildman–Crippen LogP) is 1.11. The topological polar surface area (TPSA) is 0 Å². The molecule has 0 aromatic rings. The summed E-state index contributed by atoms with van der Waals surface area (Å²) in [6.07, 6.45) is 1.28. The molecule has 0 nitrogen and oxygen atoms in total. The third kappa shape index (κ3) is 4.52. The molecule has 1 unspecified atom stereocenters. The van der Waals surface area contributed by atoms with Crippen molar-refractivity contribution in [3.63, 3.8) is 0 Å². The number of hydrogen-bond acceptors (Lipinski definition) is 0. The van der Waals surface area contributed by atoms with Crippen molar-refractivity contribution in [3.05, 3.63) is 0 Å². The molecule has 0 aliphatic carbocycles. The van der Waals surface area contributed by atoms with Crippen LogP contribution in [0, 0.1) is 0 Å². The molecule has 0 N–H and O–H groups in total. The normalized spacial score (nSPS) is 15.0. The van der Waals surface area contributed by atoms with Gasteiger partial charge in [0.1, 0.15) is 0 Å². The van der Waals surface area contributed by atoms with E-state index in [1.165, 1.54) is 6.42 Å². The summed E-state index contributed by atoms with van der Waals surface area (Å²) >= 11 is 2.61. The van der Waals surface area contributed by atoms with Crippen LogP contribution in [-0.4, -0.2) is 16.0 Å². The maximum atomic E-state index is 2.61. The van der Waals surface area contributed by atoms with Gasteiger partial charge in [0.15, 0.2) is 0 Å². The van der Waals surface area contributed by atoms with Crippen molar-refractivity contribution in [2.45, 2.75) is 25.1 Å². The van der Waals surface area contributed by atoms with Crippen molar-refractivity contribution < 1.29 is 0 Å². The fraction of sp³-hybridized carbons (Fsp3) is 1.00. The van der Waals surface area contributed by atoms with Crippen LogP contribution in [0.5, 0.6) is 0 Å². The van der Waals surface area contributed by atoms with Gasteiger partial charge in [0.05, 0.1) is 0 Å². The van der Waals surface area contributed by atoms with Crippen LogP contribution in [0.4, 0.5) is 0 Å². The first-order chi connectivity index (χ1) is 2.27. The molecule has 0 saturated heterocycles. The van der Waals surface area contributed by atoms with E-state index in [0.29, 0.717) is 0 Å². The first-order valence-corrected chi connectivity index (χ1v) is 3.03. The summed E-state index contributed by atoms with van der Waals surface area (Å²) in [6.45, 7) is 4.38. The van der Waals surface area contributed by atoms with Crippen molar-refractivity contribution in [2.24, 2.45) is 0 Å². The van der Waals surface area contributed by atoms with E-state index in [2.05, 4.69) is 29.9 Å². The Labute approximate surface area is 41.8 Å². The summed E-state index contributed by atoms with van der Waals surface area (Å²) in [4.78, 5) is 0.822. The zero-order chi connectivity index (χ0) is 4.28. The van der Waals surface area contributed by atoms with Gasteiger partial charge in [-0.1, -0.05) is 0 Å². The van der Waals surface area contributed by atoms with Gasteiger partial charge in [0.25, 0.3) is 0 Å². The average Bonchev–Trinajstić information content (AvgIpc) is 1.38. The monoisotopic (exact) mass is 138 g/mol. The van der Waals surface area contributed by atoms with Crippen LogP contribution in [0.15, 0.2) is 0 Å². The molecular formula is C4H10Se. The standard InChI is InChI=1S/C4H10Se/c1-3-4(2)5/h4-5H,3H2,1-2H3. The molecule has 0 aromatic heterocycles. The molecule has 0 aliphatic heterocycles. The molecule has 0 aliphatic rings. The minimum absolute atomic E-state index is 0.822. The summed E-state index contributed by atoms with van der Waals surface area (Å²) in [5, 5.41) is 0. The van der Waals surface area contributed by atoms with Crippen LogP contribution in [0.3, 0.4) is 0 Å². The molecule has 0 heterocycles. The van der Waals surface area contributed by atoms with E-state index >= 15 is 0 Å². The van der Waals surface area contributed by atoms with Crippen molar-refractivity contribution in [3.8, 4) is 0 Å². The fourth-order valence-electron chi connectivity index (χ4n) is 0. The second-order valence-corrected chi connectivity index (χ2v) is 3.11. The molecule has 0 bridgehead atoms. The van der Waals surface area contributed by atoms with E-state index in [4.69, 9.17) is 0 Å². The Morgan fingerprint density at radius 2 is 2.00 bits per heavy atom. The van der Waals surface area contributed by atoms with Crippen LogP contribution in [0.1, 0.15) is 20.3 Å². The molecule has 1 heteroatoms. The average molecular weight is 137 g/mol. The summed E-state index contributed by atoms with van der Waals surface area (Å²) in [5.74, 6) is 0. The molecule has 0 amide bonds. The Balaban J connectivity index is 2.54. The van der Waals surface area contributed by atoms with Gasteiger partial charge in [-0.2, -0.15) is 0 Å². The van der Waals surface area contributed by atoms with Gasteiger partial charge in [-0.05, 0) is 0 Å². The minimum atomic E-state index is 0.822. The zero-order valence-corrected chi connectivity index (χ0v) is 5.61. The van der Waals surface area contributed by atoms with Crippen LogP contribution in [-0.2, 0) is 0 Å². The maximum absolute atomic E-state index is 2.61.